The first-order valence-electron chi connectivity index (χ1n) is 12.2. The summed E-state index contributed by atoms with van der Waals surface area (Å²) in [5.41, 5.74) is -1.21. The van der Waals surface area contributed by atoms with Crippen molar-refractivity contribution in [2.75, 3.05) is 13.7 Å². The van der Waals surface area contributed by atoms with Crippen LogP contribution in [0.2, 0.25) is 0 Å². The number of carbonyl (C=O) groups excluding carboxylic acids is 2. The van der Waals surface area contributed by atoms with E-state index in [2.05, 4.69) is 17.0 Å². The smallest absolute Gasteiger partial charge is 0.410 e. The van der Waals surface area contributed by atoms with Crippen molar-refractivity contribution in [1.29, 1.82) is 0 Å². The van der Waals surface area contributed by atoms with Gasteiger partial charge in [-0.05, 0) is 43.4 Å². The number of rotatable bonds is 13. The van der Waals surface area contributed by atoms with Crippen LogP contribution < -0.4 is 15.7 Å². The van der Waals surface area contributed by atoms with E-state index in [0.717, 1.165) is 24.2 Å². The summed E-state index contributed by atoms with van der Waals surface area (Å²) in [4.78, 5) is 37.0. The highest BCUT2D eigenvalue weighted by atomic mass is 16.5. The van der Waals surface area contributed by atoms with Crippen LogP contribution >= 0.6 is 0 Å². The first kappa shape index (κ1) is 28.7. The van der Waals surface area contributed by atoms with Crippen molar-refractivity contribution in [3.63, 3.8) is 0 Å². The van der Waals surface area contributed by atoms with Gasteiger partial charge in [-0.1, -0.05) is 52.3 Å². The number of Topliss-reactive ketones (excluding diaryl/α,β-unsaturated/α-hetero) is 1. The van der Waals surface area contributed by atoms with Crippen LogP contribution in [0, 0.1) is 5.41 Å². The molecule has 0 aliphatic heterocycles. The van der Waals surface area contributed by atoms with E-state index in [4.69, 9.17) is 9.15 Å². The van der Waals surface area contributed by atoms with E-state index in [-0.39, 0.29) is 17.2 Å². The van der Waals surface area contributed by atoms with E-state index in [1.54, 1.807) is 19.9 Å². The second kappa shape index (κ2) is 13.5. The zero-order chi connectivity index (χ0) is 26.7. The van der Waals surface area contributed by atoms with Gasteiger partial charge >= 0.3 is 11.7 Å². The molecule has 0 aliphatic rings. The number of methoxy groups -OCH3 is 1. The molecule has 0 saturated carbocycles. The second-order valence-electron chi connectivity index (χ2n) is 9.45. The minimum atomic E-state index is -0.943. The molecule has 0 spiro atoms. The Morgan fingerprint density at radius 3 is 2.53 bits per heavy atom. The van der Waals surface area contributed by atoms with Crippen molar-refractivity contribution in [2.45, 2.75) is 65.7 Å². The molecule has 8 nitrogen and oxygen atoms in total. The highest BCUT2D eigenvalue weighted by Gasteiger charge is 2.34. The summed E-state index contributed by atoms with van der Waals surface area (Å²) in [5.74, 6) is 0.0118. The first-order valence-corrected chi connectivity index (χ1v) is 12.2. The number of ketones is 1. The van der Waals surface area contributed by atoms with Gasteiger partial charge in [-0.15, -0.1) is 0 Å². The van der Waals surface area contributed by atoms with Gasteiger partial charge in [0.25, 0.3) is 0 Å². The van der Waals surface area contributed by atoms with Crippen LogP contribution in [0.1, 0.15) is 81.0 Å². The van der Waals surface area contributed by atoms with E-state index in [1.807, 2.05) is 31.2 Å². The lowest BCUT2D eigenvalue weighted by Gasteiger charge is -2.23. The van der Waals surface area contributed by atoms with Crippen LogP contribution in [-0.4, -0.2) is 30.7 Å². The Bertz CT molecular complexity index is 1100. The van der Waals surface area contributed by atoms with Gasteiger partial charge in [0.1, 0.15) is 22.8 Å². The highest BCUT2D eigenvalue weighted by Crippen LogP contribution is 2.31. The lowest BCUT2D eigenvalue weighted by Crippen LogP contribution is -2.31. The zero-order valence-corrected chi connectivity index (χ0v) is 21.8. The van der Waals surface area contributed by atoms with Crippen LogP contribution in [0.3, 0.4) is 0 Å². The van der Waals surface area contributed by atoms with Crippen LogP contribution in [-0.2, 0) is 11.2 Å². The summed E-state index contributed by atoms with van der Waals surface area (Å²) >= 11 is 0. The number of unbranched alkanes of at least 4 members (excludes halogenated alkanes) is 1. The lowest BCUT2D eigenvalue weighted by atomic mass is 9.79. The maximum atomic E-state index is 13.3. The maximum Gasteiger partial charge on any atom is 0.410 e. The fourth-order valence-electron chi connectivity index (χ4n) is 3.68. The Morgan fingerprint density at radius 1 is 1.22 bits per heavy atom. The number of benzene rings is 1. The van der Waals surface area contributed by atoms with Crippen LogP contribution in [0.15, 0.2) is 51.8 Å². The topological polar surface area (TPSA) is 115 Å². The molecule has 196 valence electrons. The molecule has 0 saturated heterocycles. The largest absolute Gasteiger partial charge is 0.507 e. The van der Waals surface area contributed by atoms with Gasteiger partial charge in [-0.3, -0.25) is 10.1 Å². The minimum absolute atomic E-state index is 0.193. The van der Waals surface area contributed by atoms with Crippen LogP contribution in [0.5, 0.6) is 11.5 Å². The fraction of sp³-hybridized carbons (Fsp3) is 0.464. The molecule has 1 aromatic carbocycles. The summed E-state index contributed by atoms with van der Waals surface area (Å²) in [7, 11) is 1.28. The molecule has 0 aliphatic carbocycles. The normalized spacial score (nSPS) is 12.4. The Hall–Kier alpha value is -3.55. The standard InChI is InChI=1S/C28H37NO7/c1-6-7-16-35-21-13-11-20(12-14-21)18-28(3,4)25(31)24-22(30)17-23(36-26(24)32)19(2)10-8-9-15-29-27(33)34-5/h9,11-15,17,19,30H,6-8,10,16,18H2,1-5H3,(H,29,33)/b15-9+. The third-order valence-corrected chi connectivity index (χ3v) is 5.88. The zero-order valence-electron chi connectivity index (χ0n) is 21.8. The molecule has 2 rings (SSSR count). The van der Waals surface area contributed by atoms with Crippen molar-refractivity contribution in [3.8, 4) is 11.5 Å². The van der Waals surface area contributed by atoms with Gasteiger partial charge in [-0.2, -0.15) is 0 Å². The molecule has 36 heavy (non-hydrogen) atoms. The van der Waals surface area contributed by atoms with E-state index in [0.29, 0.717) is 31.6 Å². The number of nitrogens with one attached hydrogen (secondary N) is 1. The summed E-state index contributed by atoms with van der Waals surface area (Å²) in [6, 6.07) is 8.88. The monoisotopic (exact) mass is 499 g/mol. The number of hydrogen-bond donors (Lipinski definition) is 2. The van der Waals surface area contributed by atoms with Gasteiger partial charge in [0, 0.05) is 23.6 Å². The third-order valence-electron chi connectivity index (χ3n) is 5.88. The van der Waals surface area contributed by atoms with Gasteiger partial charge in [0.15, 0.2) is 5.78 Å². The molecule has 1 amide bonds. The average Bonchev–Trinajstić information content (AvgIpc) is 2.84. The Labute approximate surface area is 212 Å². The molecule has 0 radical (unpaired) electrons. The van der Waals surface area contributed by atoms with E-state index >= 15 is 0 Å². The molecule has 2 N–H and O–H groups in total. The summed E-state index contributed by atoms with van der Waals surface area (Å²) < 4.78 is 15.6. The Morgan fingerprint density at radius 2 is 1.92 bits per heavy atom. The second-order valence-corrected chi connectivity index (χ2v) is 9.45. The number of carbonyl (C=O) groups is 2. The first-order chi connectivity index (χ1) is 17.1. The Balaban J connectivity index is 2.07. The summed E-state index contributed by atoms with van der Waals surface area (Å²) in [5, 5.41) is 13.0. The Kier molecular flexibility index (Phi) is 10.8. The number of allylic oxidation sites excluding steroid dienone is 1. The quantitative estimate of drug-likeness (QED) is 0.267. The van der Waals surface area contributed by atoms with Crippen LogP contribution in [0.4, 0.5) is 4.79 Å². The number of aromatic hydroxyl groups is 1. The van der Waals surface area contributed by atoms with Gasteiger partial charge in [0.05, 0.1) is 13.7 Å². The van der Waals surface area contributed by atoms with Crippen molar-refractivity contribution < 1.29 is 28.6 Å². The molecule has 0 bridgehead atoms. The fourth-order valence-corrected chi connectivity index (χ4v) is 3.68. The predicted octanol–water partition coefficient (Wildman–Crippen LogP) is 5.73. The summed E-state index contributed by atoms with van der Waals surface area (Å²) in [6.45, 7) is 8.09. The molecule has 0 fully saturated rings. The predicted molar refractivity (Wildman–Crippen MR) is 138 cm³/mol. The summed E-state index contributed by atoms with van der Waals surface area (Å²) in [6.07, 6.45) is 6.26. The van der Waals surface area contributed by atoms with E-state index in [9.17, 15) is 19.5 Å². The molecule has 1 heterocycles. The molecular weight excluding hydrogens is 462 g/mol. The van der Waals surface area contributed by atoms with Gasteiger partial charge < -0.3 is 19.0 Å². The maximum absolute atomic E-state index is 13.3. The number of hydrogen-bond acceptors (Lipinski definition) is 7. The minimum Gasteiger partial charge on any atom is -0.507 e. The molecule has 2 aromatic rings. The van der Waals surface area contributed by atoms with E-state index in [1.165, 1.54) is 19.4 Å². The van der Waals surface area contributed by atoms with Crippen molar-refractivity contribution in [1.82, 2.24) is 5.32 Å². The van der Waals surface area contributed by atoms with Gasteiger partial charge in [0.2, 0.25) is 0 Å². The molecule has 1 unspecified atom stereocenters. The highest BCUT2D eigenvalue weighted by molar-refractivity contribution is 6.02. The average molecular weight is 500 g/mol. The number of alkyl carbamates (subject to hydrolysis) is 1. The van der Waals surface area contributed by atoms with Gasteiger partial charge in [-0.25, -0.2) is 9.59 Å². The molecule has 1 aromatic heterocycles. The molecule has 8 heteroatoms. The SMILES string of the molecule is CCCCOc1ccc(CC(C)(C)C(=O)c2c(O)cc(C(C)CC/C=C/NC(=O)OC)oc2=O)cc1. The number of amides is 1. The van der Waals surface area contributed by atoms with Crippen LogP contribution in [0.25, 0.3) is 0 Å². The van der Waals surface area contributed by atoms with Crippen molar-refractivity contribution in [3.05, 3.63) is 69.9 Å². The molecule has 1 atom stereocenters. The number of ether oxygens (including phenoxy) is 2. The molecular formula is C28H37NO7. The third kappa shape index (κ3) is 8.29. The lowest BCUT2D eigenvalue weighted by molar-refractivity contribution is 0.0829. The van der Waals surface area contributed by atoms with Crippen molar-refractivity contribution in [2.24, 2.45) is 5.41 Å². The van der Waals surface area contributed by atoms with Crippen molar-refractivity contribution >= 4 is 11.9 Å². The van der Waals surface area contributed by atoms with E-state index < -0.39 is 22.9 Å².